The van der Waals surface area contributed by atoms with Gasteiger partial charge < -0.3 is 36.8 Å². The number of carbonyl (C=O) groups is 3. The van der Waals surface area contributed by atoms with Crippen molar-refractivity contribution in [2.45, 2.75) is 69.0 Å². The number of β-lactam (4-membered cyclic amide) rings is 1. The largest absolute Gasteiger partial charge is 0.485 e. The number of nitrogens with zero attached hydrogens (tertiary/aromatic N) is 5. The number of aliphatic carboxylic acids is 1. The zero-order valence-corrected chi connectivity index (χ0v) is 29.7. The number of hydrogen-bond acceptors (Lipinski definition) is 14. The second-order valence-electron chi connectivity index (χ2n) is 13.5. The minimum Gasteiger partial charge on any atom is -0.485 e. The molecule has 0 aliphatic carbocycles. The summed E-state index contributed by atoms with van der Waals surface area (Å²) >= 11 is 0.972. The molecule has 3 aliphatic heterocycles. The van der Waals surface area contributed by atoms with Crippen LogP contribution in [-0.4, -0.2) is 98.2 Å². The summed E-state index contributed by atoms with van der Waals surface area (Å²) in [5.41, 5.74) is 10.6. The summed E-state index contributed by atoms with van der Waals surface area (Å²) in [6.07, 6.45) is 3.67. The molecule has 3 aromatic rings. The fourth-order valence-corrected chi connectivity index (χ4v) is 7.10. The van der Waals surface area contributed by atoms with E-state index in [2.05, 4.69) is 29.7 Å². The molecule has 2 aromatic heterocycles. The fraction of sp³-hybridized carbons (Fsp3) is 0.467. The number of ether oxygens (including phenoxy) is 1. The average Bonchev–Trinajstić information content (AvgIpc) is 3.64. The number of aromatic nitrogens is 3. The minimum atomic E-state index is -5.03. The van der Waals surface area contributed by atoms with Crippen molar-refractivity contribution in [3.63, 3.8) is 0 Å². The molecule has 21 heteroatoms. The zero-order chi connectivity index (χ0) is 37.1. The molecular formula is C30H38N9O10S2+. The van der Waals surface area contributed by atoms with Gasteiger partial charge in [0.25, 0.3) is 17.4 Å². The molecule has 51 heavy (non-hydrogen) atoms. The van der Waals surface area contributed by atoms with Gasteiger partial charge in [-0.2, -0.15) is 18.2 Å². The number of carbonyl (C=O) groups excluding carboxylic acids is 2. The number of carboxylic acids is 1. The van der Waals surface area contributed by atoms with Gasteiger partial charge in [-0.1, -0.05) is 11.2 Å². The molecule has 8 N–H and O–H groups in total. The Balaban J connectivity index is 1.20. The maximum absolute atomic E-state index is 13.5. The molecule has 0 saturated carbocycles. The normalized spacial score (nSPS) is 22.1. The van der Waals surface area contributed by atoms with Crippen LogP contribution in [0.25, 0.3) is 11.1 Å². The molecule has 0 bridgehead atoms. The van der Waals surface area contributed by atoms with Gasteiger partial charge in [0.15, 0.2) is 24.0 Å². The maximum atomic E-state index is 13.5. The highest BCUT2D eigenvalue weighted by Crippen LogP contribution is 2.37. The van der Waals surface area contributed by atoms with Crippen molar-refractivity contribution >= 4 is 50.4 Å². The van der Waals surface area contributed by atoms with Crippen molar-refractivity contribution in [1.29, 1.82) is 0 Å². The number of aryl methyl sites for hydroxylation is 2. The Hall–Kier alpha value is -4.67. The van der Waals surface area contributed by atoms with Gasteiger partial charge in [0.2, 0.25) is 6.20 Å². The number of anilines is 1. The predicted molar refractivity (Wildman–Crippen MR) is 179 cm³/mol. The summed E-state index contributed by atoms with van der Waals surface area (Å²) in [4.78, 5) is 48.5. The molecule has 1 aromatic carbocycles. The number of thiazole rings is 1. The molecule has 0 spiro atoms. The van der Waals surface area contributed by atoms with E-state index in [0.717, 1.165) is 41.1 Å². The predicted octanol–water partition coefficient (Wildman–Crippen LogP) is -0.883. The van der Waals surface area contributed by atoms with Gasteiger partial charge in [-0.15, -0.1) is 20.3 Å². The number of hydroxylamine groups is 2. The number of benzene rings is 1. The van der Waals surface area contributed by atoms with E-state index in [9.17, 15) is 27.9 Å². The first-order valence-electron chi connectivity index (χ1n) is 15.7. The smallest absolute Gasteiger partial charge is 0.418 e. The number of carboxylic acid groups (broad SMARTS) is 1. The quantitative estimate of drug-likeness (QED) is 0.0432. The third kappa shape index (κ3) is 6.99. The van der Waals surface area contributed by atoms with Crippen molar-refractivity contribution in [2.75, 3.05) is 18.8 Å². The molecule has 274 valence electrons. The molecule has 5 heterocycles. The van der Waals surface area contributed by atoms with Gasteiger partial charge in [0.1, 0.15) is 17.5 Å². The fourth-order valence-electron chi connectivity index (χ4n) is 6.10. The monoisotopic (exact) mass is 748 g/mol. The van der Waals surface area contributed by atoms with Crippen molar-refractivity contribution < 1.29 is 51.0 Å². The van der Waals surface area contributed by atoms with E-state index in [-0.39, 0.29) is 22.8 Å². The Morgan fingerprint density at radius 1 is 1.31 bits per heavy atom. The van der Waals surface area contributed by atoms with Gasteiger partial charge in [0, 0.05) is 18.5 Å². The van der Waals surface area contributed by atoms with Crippen LogP contribution in [0, 0.1) is 0 Å². The van der Waals surface area contributed by atoms with Gasteiger partial charge in [0.05, 0.1) is 29.4 Å². The summed E-state index contributed by atoms with van der Waals surface area (Å²) in [6, 6.07) is 4.30. The lowest BCUT2D eigenvalue weighted by Crippen LogP contribution is -2.76. The molecule has 19 nitrogen and oxygen atoms in total. The van der Waals surface area contributed by atoms with Crippen molar-refractivity contribution in [3.8, 4) is 16.9 Å². The number of amides is 2. The Bertz CT molecular complexity index is 2040. The van der Waals surface area contributed by atoms with E-state index in [4.69, 9.17) is 25.6 Å². The average molecular weight is 749 g/mol. The number of fused-ring (bicyclic) bond motifs is 1. The molecule has 6 rings (SSSR count). The lowest BCUT2D eigenvalue weighted by molar-refractivity contribution is -0.754. The summed E-state index contributed by atoms with van der Waals surface area (Å²) in [5.74, 6) is -2.96. The first-order chi connectivity index (χ1) is 23.8. The highest BCUT2D eigenvalue weighted by Gasteiger charge is 2.58. The van der Waals surface area contributed by atoms with Crippen LogP contribution in [0.5, 0.6) is 5.75 Å². The SMILES string of the molecule is C[n+]1cc(-c2ccc3c(c2)CCC(C(C)(O/N=C(\C(=O)NC2C(=O)N(OS(=O)(=O)O)C2(C)C)c2csc(N)n2)C(=O)O)O3)cn1CC1(N)CNC1. The lowest BCUT2D eigenvalue weighted by Gasteiger charge is -2.50. The van der Waals surface area contributed by atoms with E-state index in [1.807, 2.05) is 36.3 Å². The first-order valence-corrected chi connectivity index (χ1v) is 17.9. The Morgan fingerprint density at radius 3 is 2.63 bits per heavy atom. The second-order valence-corrected chi connectivity index (χ2v) is 15.4. The van der Waals surface area contributed by atoms with Crippen molar-refractivity contribution in [1.82, 2.24) is 25.4 Å². The molecule has 3 aliphatic rings. The lowest BCUT2D eigenvalue weighted by atomic mass is 9.84. The molecule has 2 fully saturated rings. The highest BCUT2D eigenvalue weighted by atomic mass is 32.3. The van der Waals surface area contributed by atoms with Crippen molar-refractivity contribution in [3.05, 3.63) is 47.2 Å². The van der Waals surface area contributed by atoms with Crippen LogP contribution in [0.3, 0.4) is 0 Å². The van der Waals surface area contributed by atoms with E-state index in [1.165, 1.54) is 26.2 Å². The van der Waals surface area contributed by atoms with E-state index < -0.39 is 57.2 Å². The summed E-state index contributed by atoms with van der Waals surface area (Å²) in [6.45, 7) is 6.16. The number of hydrogen-bond donors (Lipinski definition) is 6. The van der Waals surface area contributed by atoms with Gasteiger partial charge >= 0.3 is 16.4 Å². The summed E-state index contributed by atoms with van der Waals surface area (Å²) < 4.78 is 45.9. The minimum absolute atomic E-state index is 0.0649. The second kappa shape index (κ2) is 12.8. The molecule has 3 unspecified atom stereocenters. The topological polar surface area (TPSA) is 267 Å². The molecule has 3 atom stereocenters. The van der Waals surface area contributed by atoms with Crippen LogP contribution < -0.4 is 31.5 Å². The number of nitrogens with two attached hydrogens (primary N) is 2. The number of nitrogens with one attached hydrogen (secondary N) is 2. The zero-order valence-electron chi connectivity index (χ0n) is 28.0. The first kappa shape index (κ1) is 36.1. The number of nitrogen functional groups attached to an aromatic ring is 1. The number of oxime groups is 1. The van der Waals surface area contributed by atoms with Crippen LogP contribution >= 0.6 is 11.3 Å². The Morgan fingerprint density at radius 2 is 2.04 bits per heavy atom. The van der Waals surface area contributed by atoms with Gasteiger partial charge in [-0.3, -0.25) is 14.1 Å². The molecule has 2 amide bonds. The third-order valence-electron chi connectivity index (χ3n) is 9.26. The van der Waals surface area contributed by atoms with Gasteiger partial charge in [-0.25, -0.2) is 9.78 Å². The van der Waals surface area contributed by atoms with E-state index in [0.29, 0.717) is 23.8 Å². The van der Waals surface area contributed by atoms with Crippen LogP contribution in [0.1, 0.15) is 38.4 Å². The Labute approximate surface area is 296 Å². The van der Waals surface area contributed by atoms with E-state index in [1.54, 1.807) is 6.07 Å². The molecular weight excluding hydrogens is 711 g/mol. The van der Waals surface area contributed by atoms with Crippen molar-refractivity contribution in [2.24, 2.45) is 17.9 Å². The van der Waals surface area contributed by atoms with Gasteiger partial charge in [-0.05, 0) is 56.9 Å². The highest BCUT2D eigenvalue weighted by molar-refractivity contribution is 7.80. The van der Waals surface area contributed by atoms with Crippen LogP contribution in [0.15, 0.2) is 41.1 Å². The van der Waals surface area contributed by atoms with E-state index >= 15 is 0 Å². The van der Waals surface area contributed by atoms with Crippen LogP contribution in [0.4, 0.5) is 5.13 Å². The Kier molecular flexibility index (Phi) is 9.09. The van der Waals surface area contributed by atoms with Crippen LogP contribution in [0.2, 0.25) is 0 Å². The molecule has 0 radical (unpaired) electrons. The summed E-state index contributed by atoms with van der Waals surface area (Å²) in [5, 5.41) is 21.7. The molecule has 2 saturated heterocycles. The summed E-state index contributed by atoms with van der Waals surface area (Å²) in [7, 11) is -3.08. The van der Waals surface area contributed by atoms with Crippen LogP contribution in [-0.2, 0) is 53.9 Å². The number of rotatable bonds is 12. The third-order valence-corrected chi connectivity index (χ3v) is 10.3. The standard InChI is InChI=1S/C30H37N9O10S2/c1-28(2)23(25(41)39(28)49-51(44,45)46)35-24(40)22(19-12-50-27(31)34-19)36-48-29(3,26(42)43)21-8-6-17-9-16(5-7-20(17)47-21)18-10-37(4)38(11-18)15-30(32)13-33-14-30/h5,7,9-12,21,23,33H,6,8,13-15,32H2,1-4H3,(H4-,31,34,35,40,42,43,44,45,46)/p+1/b36-22-. The maximum Gasteiger partial charge on any atom is 0.418 e.